The van der Waals surface area contributed by atoms with E-state index < -0.39 is 0 Å². The van der Waals surface area contributed by atoms with Crippen LogP contribution in [0, 0.1) is 28.6 Å². The highest BCUT2D eigenvalue weighted by Crippen LogP contribution is 2.72. The molecule has 1 saturated heterocycles. The minimum Gasteiger partial charge on any atom is -0.463 e. The van der Waals surface area contributed by atoms with E-state index in [4.69, 9.17) is 14.2 Å². The van der Waals surface area contributed by atoms with E-state index >= 15 is 0 Å². The number of hydrogen-bond donors (Lipinski definition) is 0. The van der Waals surface area contributed by atoms with Crippen LogP contribution >= 0.6 is 15.9 Å². The summed E-state index contributed by atoms with van der Waals surface area (Å²) in [7, 11) is 0. The SMILES string of the molecule is CC(=O)O[C@@H]1CC[C@@]23CO[C@@H](C[C@@H]4[C@@H]5CC[C@H](OC(=O)c6ccccc6)[C@]5(C)CC[C@@H]42)[C@@]3(Br)C1. The molecule has 0 amide bonds. The van der Waals surface area contributed by atoms with Gasteiger partial charge in [-0.15, -0.1) is 0 Å². The summed E-state index contributed by atoms with van der Waals surface area (Å²) in [5.41, 5.74) is 0.778. The van der Waals surface area contributed by atoms with Crippen molar-refractivity contribution in [2.45, 2.75) is 87.9 Å². The first-order valence-corrected chi connectivity index (χ1v) is 13.8. The molecule has 9 atom stereocenters. The fraction of sp³-hybridized carbons (Fsp3) is 0.714. The third-order valence-electron chi connectivity index (χ3n) is 10.5. The van der Waals surface area contributed by atoms with E-state index in [1.807, 2.05) is 30.3 Å². The summed E-state index contributed by atoms with van der Waals surface area (Å²) >= 11 is 4.22. The van der Waals surface area contributed by atoms with Gasteiger partial charge in [0.15, 0.2) is 0 Å². The zero-order valence-electron chi connectivity index (χ0n) is 20.1. The quantitative estimate of drug-likeness (QED) is 0.370. The summed E-state index contributed by atoms with van der Waals surface area (Å²) in [6.45, 7) is 4.70. The van der Waals surface area contributed by atoms with Crippen LogP contribution in [0.5, 0.6) is 0 Å². The topological polar surface area (TPSA) is 61.8 Å². The zero-order valence-corrected chi connectivity index (χ0v) is 21.7. The van der Waals surface area contributed by atoms with Gasteiger partial charge in [-0.3, -0.25) is 4.79 Å². The lowest BCUT2D eigenvalue weighted by molar-refractivity contribution is -0.154. The number of alkyl halides is 1. The number of halogens is 1. The predicted molar refractivity (Wildman–Crippen MR) is 131 cm³/mol. The molecule has 5 fully saturated rings. The Morgan fingerprint density at radius 1 is 1.03 bits per heavy atom. The van der Waals surface area contributed by atoms with E-state index in [2.05, 4.69) is 22.9 Å². The Hall–Kier alpha value is -1.40. The number of esters is 2. The van der Waals surface area contributed by atoms with E-state index in [-0.39, 0.29) is 45.4 Å². The second kappa shape index (κ2) is 8.06. The average molecular weight is 531 g/mol. The molecule has 0 radical (unpaired) electrons. The van der Waals surface area contributed by atoms with Crippen molar-refractivity contribution >= 4 is 27.9 Å². The highest BCUT2D eigenvalue weighted by atomic mass is 79.9. The molecule has 1 heterocycles. The molecular formula is C28H35BrO5. The molecule has 184 valence electrons. The number of ether oxygens (including phenoxy) is 3. The van der Waals surface area contributed by atoms with Crippen molar-refractivity contribution in [2.75, 3.05) is 6.61 Å². The van der Waals surface area contributed by atoms with Crippen molar-refractivity contribution in [3.8, 4) is 0 Å². The number of carbonyl (C=O) groups is 2. The van der Waals surface area contributed by atoms with Crippen LogP contribution in [0.2, 0.25) is 0 Å². The minimum atomic E-state index is -0.191. The smallest absolute Gasteiger partial charge is 0.338 e. The lowest BCUT2D eigenvalue weighted by Crippen LogP contribution is -2.64. The first kappa shape index (κ1) is 23.0. The van der Waals surface area contributed by atoms with Gasteiger partial charge < -0.3 is 14.2 Å². The molecule has 4 aliphatic carbocycles. The third kappa shape index (κ3) is 3.20. The zero-order chi connectivity index (χ0) is 23.7. The Labute approximate surface area is 210 Å². The highest BCUT2D eigenvalue weighted by Gasteiger charge is 2.72. The van der Waals surface area contributed by atoms with Crippen molar-refractivity contribution in [2.24, 2.45) is 28.6 Å². The third-order valence-corrected chi connectivity index (χ3v) is 12.1. The predicted octanol–water partition coefficient (Wildman–Crippen LogP) is 5.69. The Morgan fingerprint density at radius 3 is 2.59 bits per heavy atom. The molecule has 5 aliphatic rings. The maximum atomic E-state index is 12.9. The van der Waals surface area contributed by atoms with E-state index in [9.17, 15) is 9.59 Å². The van der Waals surface area contributed by atoms with Gasteiger partial charge in [-0.25, -0.2) is 4.79 Å². The molecule has 0 aromatic heterocycles. The molecule has 34 heavy (non-hydrogen) atoms. The summed E-state index contributed by atoms with van der Waals surface area (Å²) in [4.78, 5) is 24.5. The fourth-order valence-corrected chi connectivity index (χ4v) is 10.2. The van der Waals surface area contributed by atoms with Gasteiger partial charge >= 0.3 is 11.9 Å². The van der Waals surface area contributed by atoms with Crippen molar-refractivity contribution in [3.63, 3.8) is 0 Å². The standard InChI is InChI=1S/C28H35BrO5/c1-17(30)33-19-10-13-27-16-32-24(28(27,29)15-19)14-20-21-8-9-23(26(21,2)12-11-22(20)27)34-25(31)18-6-4-3-5-7-18/h3-7,19-24H,8-16H2,1-2H3/t19-,20-,21+,22+,23+,24+,26-,27-,28+/m1/s1. The maximum Gasteiger partial charge on any atom is 0.338 e. The van der Waals surface area contributed by atoms with Gasteiger partial charge in [-0.05, 0) is 74.8 Å². The van der Waals surface area contributed by atoms with Crippen LogP contribution < -0.4 is 0 Å². The summed E-state index contributed by atoms with van der Waals surface area (Å²) in [6.07, 6.45) is 8.30. The monoisotopic (exact) mass is 530 g/mol. The molecule has 2 bridgehead atoms. The molecule has 0 spiro atoms. The molecule has 1 aromatic carbocycles. The first-order valence-electron chi connectivity index (χ1n) is 13.0. The number of rotatable bonds is 3. The molecule has 1 aromatic rings. The molecule has 1 aliphatic heterocycles. The fourth-order valence-electron chi connectivity index (χ4n) is 8.95. The number of carbonyl (C=O) groups excluding carboxylic acids is 2. The molecule has 6 heteroatoms. The van der Waals surface area contributed by atoms with E-state index in [1.165, 1.54) is 6.92 Å². The lowest BCUT2D eigenvalue weighted by atomic mass is 9.45. The number of benzene rings is 1. The highest BCUT2D eigenvalue weighted by molar-refractivity contribution is 9.10. The van der Waals surface area contributed by atoms with Gasteiger partial charge in [-0.2, -0.15) is 0 Å². The second-order valence-corrected chi connectivity index (χ2v) is 13.2. The van der Waals surface area contributed by atoms with Crippen molar-refractivity contribution in [1.29, 1.82) is 0 Å². The largest absolute Gasteiger partial charge is 0.463 e. The summed E-state index contributed by atoms with van der Waals surface area (Å²) < 4.78 is 18.2. The Morgan fingerprint density at radius 2 is 1.82 bits per heavy atom. The van der Waals surface area contributed by atoms with Crippen molar-refractivity contribution < 1.29 is 23.8 Å². The van der Waals surface area contributed by atoms with Gasteiger partial charge in [-0.1, -0.05) is 41.1 Å². The van der Waals surface area contributed by atoms with Crippen molar-refractivity contribution in [3.05, 3.63) is 35.9 Å². The maximum absolute atomic E-state index is 12.9. The van der Waals surface area contributed by atoms with E-state index in [0.717, 1.165) is 58.0 Å². The van der Waals surface area contributed by atoms with Crippen LogP contribution in [0.3, 0.4) is 0 Å². The van der Waals surface area contributed by atoms with Crippen LogP contribution in [0.15, 0.2) is 30.3 Å². The van der Waals surface area contributed by atoms with Crippen LogP contribution in [0.1, 0.15) is 75.6 Å². The molecule has 5 nitrogen and oxygen atoms in total. The van der Waals surface area contributed by atoms with Crippen LogP contribution in [0.4, 0.5) is 0 Å². The van der Waals surface area contributed by atoms with Crippen LogP contribution in [-0.4, -0.2) is 41.2 Å². The van der Waals surface area contributed by atoms with E-state index in [1.54, 1.807) is 0 Å². The molecule has 0 unspecified atom stereocenters. The van der Waals surface area contributed by atoms with Crippen LogP contribution in [-0.2, 0) is 19.0 Å². The normalized spacial score (nSPS) is 46.7. The number of fused-ring (bicyclic) bond motifs is 3. The first-order chi connectivity index (χ1) is 16.3. The Bertz CT molecular complexity index is 982. The molecule has 0 N–H and O–H groups in total. The lowest BCUT2D eigenvalue weighted by Gasteiger charge is -2.62. The summed E-state index contributed by atoms with van der Waals surface area (Å²) in [5, 5.41) is 0. The Kier molecular flexibility index (Phi) is 5.46. The van der Waals surface area contributed by atoms with Gasteiger partial charge in [0, 0.05) is 24.2 Å². The molecule has 4 saturated carbocycles. The van der Waals surface area contributed by atoms with Gasteiger partial charge in [0.2, 0.25) is 0 Å². The Balaban J connectivity index is 1.23. The van der Waals surface area contributed by atoms with Gasteiger partial charge in [0.05, 0.1) is 22.6 Å². The van der Waals surface area contributed by atoms with Gasteiger partial charge in [0.25, 0.3) is 0 Å². The number of hydrogen-bond acceptors (Lipinski definition) is 5. The van der Waals surface area contributed by atoms with Crippen molar-refractivity contribution in [1.82, 2.24) is 0 Å². The minimum absolute atomic E-state index is 0.0161. The average Bonchev–Trinajstić information content (AvgIpc) is 3.21. The molecule has 6 rings (SSSR count). The summed E-state index contributed by atoms with van der Waals surface area (Å²) in [6, 6.07) is 9.38. The second-order valence-electron chi connectivity index (χ2n) is 11.8. The van der Waals surface area contributed by atoms with E-state index in [0.29, 0.717) is 23.3 Å². The molecular weight excluding hydrogens is 496 g/mol. The van der Waals surface area contributed by atoms with Crippen LogP contribution in [0.25, 0.3) is 0 Å². The van der Waals surface area contributed by atoms with Gasteiger partial charge in [0.1, 0.15) is 12.2 Å². The summed E-state index contributed by atoms with van der Waals surface area (Å²) in [5.74, 6) is 1.38.